The number of ether oxygens (including phenoxy) is 2. The van der Waals surface area contributed by atoms with Gasteiger partial charge in [-0.25, -0.2) is 9.78 Å². The number of nitrogens with one attached hydrogen (secondary N) is 3. The molecule has 2 heterocycles. The molecule has 1 aliphatic rings. The average molecular weight is 483 g/mol. The summed E-state index contributed by atoms with van der Waals surface area (Å²) in [7, 11) is 1.58. The standard InChI is InChI=1S/C29H30N4O3/c1-17(2)18-6-8-19(9-7-18)27-31-22-11-10-20(16-24(22)32-27)30-28(34)33-23-12-13-25-21(26(23)35-5)14-15-29(3,4)36-25/h6-17H,1-5H3,(H,31,32)(H2,30,33,34). The van der Waals surface area contributed by atoms with Crippen LogP contribution in [-0.2, 0) is 0 Å². The molecule has 0 bridgehead atoms. The number of H-pyrrole nitrogens is 1. The lowest BCUT2D eigenvalue weighted by Crippen LogP contribution is -2.27. The number of methoxy groups -OCH3 is 1. The van der Waals surface area contributed by atoms with E-state index in [1.165, 1.54) is 5.56 Å². The van der Waals surface area contributed by atoms with E-state index in [1.54, 1.807) is 13.2 Å². The zero-order valence-electron chi connectivity index (χ0n) is 21.1. The number of imidazole rings is 1. The number of aromatic amines is 1. The van der Waals surface area contributed by atoms with Crippen molar-refractivity contribution < 1.29 is 14.3 Å². The minimum Gasteiger partial charge on any atom is -0.494 e. The van der Waals surface area contributed by atoms with Crippen LogP contribution in [0.1, 0.15) is 44.7 Å². The van der Waals surface area contributed by atoms with Crippen LogP contribution in [-0.4, -0.2) is 28.7 Å². The van der Waals surface area contributed by atoms with E-state index >= 15 is 0 Å². The first-order valence-electron chi connectivity index (χ1n) is 12.0. The zero-order chi connectivity index (χ0) is 25.4. The number of benzene rings is 3. The second-order valence-corrected chi connectivity index (χ2v) is 9.77. The number of hydrogen-bond donors (Lipinski definition) is 3. The lowest BCUT2D eigenvalue weighted by atomic mass is 10.0. The Balaban J connectivity index is 1.33. The Kier molecular flexibility index (Phi) is 5.92. The van der Waals surface area contributed by atoms with Crippen LogP contribution in [0, 0.1) is 0 Å². The molecule has 36 heavy (non-hydrogen) atoms. The summed E-state index contributed by atoms with van der Waals surface area (Å²) in [4.78, 5) is 20.9. The molecule has 0 spiro atoms. The van der Waals surface area contributed by atoms with Gasteiger partial charge in [-0.15, -0.1) is 0 Å². The Morgan fingerprint density at radius 3 is 2.56 bits per heavy atom. The van der Waals surface area contributed by atoms with E-state index in [-0.39, 0.29) is 6.03 Å². The van der Waals surface area contributed by atoms with Crippen LogP contribution in [0.2, 0.25) is 0 Å². The number of carbonyl (C=O) groups excluding carboxylic acids is 1. The minimum atomic E-state index is -0.396. The average Bonchev–Trinajstić information content (AvgIpc) is 3.27. The Morgan fingerprint density at radius 2 is 1.83 bits per heavy atom. The van der Waals surface area contributed by atoms with Gasteiger partial charge in [0.05, 0.1) is 29.4 Å². The molecular weight excluding hydrogens is 452 g/mol. The molecule has 7 nitrogen and oxygen atoms in total. The second kappa shape index (κ2) is 9.07. The molecule has 3 N–H and O–H groups in total. The zero-order valence-corrected chi connectivity index (χ0v) is 21.1. The summed E-state index contributed by atoms with van der Waals surface area (Å²) < 4.78 is 11.6. The Morgan fingerprint density at radius 1 is 1.06 bits per heavy atom. The molecule has 0 saturated heterocycles. The Bertz CT molecular complexity index is 1470. The van der Waals surface area contributed by atoms with Crippen molar-refractivity contribution in [3.63, 3.8) is 0 Å². The van der Waals surface area contributed by atoms with Crippen LogP contribution >= 0.6 is 0 Å². The predicted octanol–water partition coefficient (Wildman–Crippen LogP) is 7.19. The van der Waals surface area contributed by atoms with Crippen LogP contribution in [0.15, 0.2) is 60.7 Å². The highest BCUT2D eigenvalue weighted by Gasteiger charge is 2.25. The van der Waals surface area contributed by atoms with E-state index in [0.29, 0.717) is 28.8 Å². The van der Waals surface area contributed by atoms with Gasteiger partial charge in [0, 0.05) is 11.3 Å². The van der Waals surface area contributed by atoms with E-state index in [0.717, 1.165) is 28.0 Å². The SMILES string of the molecule is COc1c(NC(=O)Nc2ccc3[nH]c(-c4ccc(C(C)C)cc4)nc3c2)ccc2c1C=CC(C)(C)O2. The van der Waals surface area contributed by atoms with Crippen LogP contribution < -0.4 is 20.1 Å². The molecule has 4 aromatic rings. The third-order valence-corrected chi connectivity index (χ3v) is 6.22. The highest BCUT2D eigenvalue weighted by molar-refractivity contribution is 6.02. The number of amides is 2. The van der Waals surface area contributed by atoms with Gasteiger partial charge in [0.2, 0.25) is 0 Å². The van der Waals surface area contributed by atoms with E-state index < -0.39 is 5.60 Å². The highest BCUT2D eigenvalue weighted by atomic mass is 16.5. The molecule has 1 aromatic heterocycles. The number of carbonyl (C=O) groups is 1. The first-order chi connectivity index (χ1) is 17.2. The first kappa shape index (κ1) is 23.5. The van der Waals surface area contributed by atoms with Crippen molar-refractivity contribution >= 4 is 34.5 Å². The van der Waals surface area contributed by atoms with E-state index in [2.05, 4.69) is 53.7 Å². The third kappa shape index (κ3) is 4.64. The van der Waals surface area contributed by atoms with Crippen LogP contribution in [0.4, 0.5) is 16.2 Å². The molecule has 0 fully saturated rings. The quantitative estimate of drug-likeness (QED) is 0.281. The summed E-state index contributed by atoms with van der Waals surface area (Å²) >= 11 is 0. The number of nitrogens with zero attached hydrogens (tertiary/aromatic N) is 1. The summed E-state index contributed by atoms with van der Waals surface area (Å²) in [6.07, 6.45) is 3.92. The van der Waals surface area contributed by atoms with Crippen molar-refractivity contribution in [3.05, 3.63) is 71.8 Å². The molecule has 0 unspecified atom stereocenters. The first-order valence-corrected chi connectivity index (χ1v) is 12.0. The van der Waals surface area contributed by atoms with Crippen molar-refractivity contribution in [2.24, 2.45) is 0 Å². The van der Waals surface area contributed by atoms with Gasteiger partial charge < -0.3 is 25.1 Å². The van der Waals surface area contributed by atoms with Crippen LogP contribution in [0.3, 0.4) is 0 Å². The number of fused-ring (bicyclic) bond motifs is 2. The molecule has 184 valence electrons. The maximum atomic E-state index is 12.8. The number of hydrogen-bond acceptors (Lipinski definition) is 4. The van der Waals surface area contributed by atoms with Gasteiger partial charge in [-0.2, -0.15) is 0 Å². The summed E-state index contributed by atoms with van der Waals surface area (Å²) in [5.74, 6) is 2.53. The van der Waals surface area contributed by atoms with E-state index in [1.807, 2.05) is 50.3 Å². The number of aromatic nitrogens is 2. The van der Waals surface area contributed by atoms with Gasteiger partial charge in [-0.3, -0.25) is 0 Å². The topological polar surface area (TPSA) is 88.3 Å². The lowest BCUT2D eigenvalue weighted by molar-refractivity contribution is 0.158. The van der Waals surface area contributed by atoms with E-state index in [9.17, 15) is 4.79 Å². The maximum Gasteiger partial charge on any atom is 0.323 e. The van der Waals surface area contributed by atoms with Crippen molar-refractivity contribution in [1.82, 2.24) is 9.97 Å². The number of urea groups is 1. The van der Waals surface area contributed by atoms with Gasteiger partial charge in [-0.1, -0.05) is 38.1 Å². The molecule has 0 aliphatic carbocycles. The number of anilines is 2. The lowest BCUT2D eigenvalue weighted by Gasteiger charge is -2.29. The Hall–Kier alpha value is -4.26. The molecule has 5 rings (SSSR count). The molecular formula is C29H30N4O3. The maximum absolute atomic E-state index is 12.8. The largest absolute Gasteiger partial charge is 0.494 e. The molecule has 0 radical (unpaired) electrons. The predicted molar refractivity (Wildman–Crippen MR) is 145 cm³/mol. The van der Waals surface area contributed by atoms with Gasteiger partial charge in [0.25, 0.3) is 0 Å². The summed E-state index contributed by atoms with van der Waals surface area (Å²) in [6, 6.07) is 17.2. The molecule has 3 aromatic carbocycles. The highest BCUT2D eigenvalue weighted by Crippen LogP contribution is 2.41. The second-order valence-electron chi connectivity index (χ2n) is 9.77. The fourth-order valence-corrected chi connectivity index (χ4v) is 4.28. The van der Waals surface area contributed by atoms with Gasteiger partial charge in [0.15, 0.2) is 5.75 Å². The van der Waals surface area contributed by atoms with Crippen molar-refractivity contribution in [3.8, 4) is 22.9 Å². The summed E-state index contributed by atoms with van der Waals surface area (Å²) in [6.45, 7) is 8.32. The van der Waals surface area contributed by atoms with Gasteiger partial charge in [0.1, 0.15) is 17.2 Å². The summed E-state index contributed by atoms with van der Waals surface area (Å²) in [5, 5.41) is 5.77. The van der Waals surface area contributed by atoms with E-state index in [4.69, 9.17) is 14.5 Å². The van der Waals surface area contributed by atoms with Crippen molar-refractivity contribution in [2.45, 2.75) is 39.2 Å². The van der Waals surface area contributed by atoms with Crippen molar-refractivity contribution in [2.75, 3.05) is 17.7 Å². The van der Waals surface area contributed by atoms with Crippen LogP contribution in [0.5, 0.6) is 11.5 Å². The van der Waals surface area contributed by atoms with Crippen LogP contribution in [0.25, 0.3) is 28.5 Å². The number of rotatable bonds is 5. The smallest absolute Gasteiger partial charge is 0.323 e. The molecule has 0 saturated carbocycles. The Labute approximate surface area is 210 Å². The molecule has 1 aliphatic heterocycles. The van der Waals surface area contributed by atoms with Gasteiger partial charge in [-0.05, 0) is 67.8 Å². The van der Waals surface area contributed by atoms with Gasteiger partial charge >= 0.3 is 6.03 Å². The summed E-state index contributed by atoms with van der Waals surface area (Å²) in [5.41, 5.74) is 5.56. The minimum absolute atomic E-state index is 0.381. The third-order valence-electron chi connectivity index (χ3n) is 6.22. The molecule has 2 amide bonds. The normalized spacial score (nSPS) is 13.8. The molecule has 0 atom stereocenters. The fraction of sp³-hybridized carbons (Fsp3) is 0.241. The van der Waals surface area contributed by atoms with Crippen molar-refractivity contribution in [1.29, 1.82) is 0 Å². The monoisotopic (exact) mass is 482 g/mol. The molecule has 7 heteroatoms. The fourth-order valence-electron chi connectivity index (χ4n) is 4.28.